The Balaban J connectivity index is 2.43. The van der Waals surface area contributed by atoms with Crippen LogP contribution in [0, 0.1) is 6.92 Å². The number of aryl methyl sites for hydroxylation is 1. The minimum atomic E-state index is -0.0288. The first-order valence-corrected chi connectivity index (χ1v) is 7.79. The lowest BCUT2D eigenvalue weighted by Crippen LogP contribution is -2.10. The number of rotatable bonds is 7. The number of anilines is 2. The summed E-state index contributed by atoms with van der Waals surface area (Å²) in [6.45, 7) is 6.49. The zero-order valence-corrected chi connectivity index (χ0v) is 14.5. The Morgan fingerprint density at radius 1 is 1.25 bits per heavy atom. The number of ether oxygens (including phenoxy) is 2. The highest BCUT2D eigenvalue weighted by molar-refractivity contribution is 5.55. The van der Waals surface area contributed by atoms with E-state index >= 15 is 0 Å². The van der Waals surface area contributed by atoms with Crippen molar-refractivity contribution in [1.82, 2.24) is 9.97 Å². The lowest BCUT2D eigenvalue weighted by atomic mass is 9.99. The SMILES string of the molecule is COc1cc(Oc2cnc(N)nc2NCCO)c(C(C)C)cc1C. The van der Waals surface area contributed by atoms with Gasteiger partial charge in [-0.3, -0.25) is 0 Å². The van der Waals surface area contributed by atoms with Crippen LogP contribution in [-0.2, 0) is 0 Å². The van der Waals surface area contributed by atoms with Crippen LogP contribution in [0.1, 0.15) is 30.9 Å². The Morgan fingerprint density at radius 3 is 2.62 bits per heavy atom. The first-order valence-electron chi connectivity index (χ1n) is 7.79. The predicted molar refractivity (Wildman–Crippen MR) is 93.9 cm³/mol. The van der Waals surface area contributed by atoms with E-state index in [0.29, 0.717) is 23.9 Å². The Labute approximate surface area is 141 Å². The van der Waals surface area contributed by atoms with Gasteiger partial charge in [0.05, 0.1) is 19.9 Å². The average Bonchev–Trinajstić information content (AvgIpc) is 2.55. The molecule has 7 heteroatoms. The third kappa shape index (κ3) is 4.05. The number of nitrogens with one attached hydrogen (secondary N) is 1. The van der Waals surface area contributed by atoms with Gasteiger partial charge >= 0.3 is 0 Å². The van der Waals surface area contributed by atoms with Gasteiger partial charge in [-0.1, -0.05) is 13.8 Å². The van der Waals surface area contributed by atoms with Gasteiger partial charge in [-0.15, -0.1) is 0 Å². The van der Waals surface area contributed by atoms with Crippen molar-refractivity contribution in [2.24, 2.45) is 0 Å². The highest BCUT2D eigenvalue weighted by Crippen LogP contribution is 2.37. The number of methoxy groups -OCH3 is 1. The molecule has 7 nitrogen and oxygen atoms in total. The van der Waals surface area contributed by atoms with Gasteiger partial charge in [0.15, 0.2) is 11.6 Å². The second kappa shape index (κ2) is 7.83. The highest BCUT2D eigenvalue weighted by Gasteiger charge is 2.16. The molecule has 0 fully saturated rings. The van der Waals surface area contributed by atoms with Crippen LogP contribution in [0.2, 0.25) is 0 Å². The monoisotopic (exact) mass is 332 g/mol. The van der Waals surface area contributed by atoms with E-state index in [1.807, 2.05) is 13.0 Å². The summed E-state index contributed by atoms with van der Waals surface area (Å²) in [7, 11) is 1.63. The summed E-state index contributed by atoms with van der Waals surface area (Å²) in [6, 6.07) is 3.91. The topological polar surface area (TPSA) is 103 Å². The number of nitrogens with two attached hydrogens (primary N) is 1. The van der Waals surface area contributed by atoms with Gasteiger partial charge < -0.3 is 25.6 Å². The standard InChI is InChI=1S/C17H24N4O3/c1-10(2)12-7-11(3)13(23-4)8-14(12)24-15-9-20-17(18)21-16(15)19-5-6-22/h7-10,22H,5-6H2,1-4H3,(H3,18,19,20,21). The number of hydrogen-bond acceptors (Lipinski definition) is 7. The van der Waals surface area contributed by atoms with Crippen LogP contribution in [0.15, 0.2) is 18.3 Å². The second-order valence-corrected chi connectivity index (χ2v) is 5.71. The third-order valence-corrected chi connectivity index (χ3v) is 3.55. The van der Waals surface area contributed by atoms with E-state index in [1.54, 1.807) is 7.11 Å². The molecule has 1 heterocycles. The Kier molecular flexibility index (Phi) is 5.81. The van der Waals surface area contributed by atoms with E-state index < -0.39 is 0 Å². The summed E-state index contributed by atoms with van der Waals surface area (Å²) in [6.07, 6.45) is 1.51. The quantitative estimate of drug-likeness (QED) is 0.716. The van der Waals surface area contributed by atoms with Gasteiger partial charge in [0, 0.05) is 12.6 Å². The summed E-state index contributed by atoms with van der Waals surface area (Å²) in [5.74, 6) is 2.70. The van der Waals surface area contributed by atoms with Crippen molar-refractivity contribution < 1.29 is 14.6 Å². The fourth-order valence-electron chi connectivity index (χ4n) is 2.33. The van der Waals surface area contributed by atoms with Crippen LogP contribution in [0.25, 0.3) is 0 Å². The number of hydrogen-bond donors (Lipinski definition) is 3. The summed E-state index contributed by atoms with van der Waals surface area (Å²) in [4.78, 5) is 8.12. The number of aromatic nitrogens is 2. The molecule has 0 atom stereocenters. The molecule has 1 aromatic carbocycles. The number of aliphatic hydroxyl groups excluding tert-OH is 1. The smallest absolute Gasteiger partial charge is 0.222 e. The predicted octanol–water partition coefficient (Wildman–Crippen LogP) is 2.70. The summed E-state index contributed by atoms with van der Waals surface area (Å²) in [5, 5.41) is 12.0. The highest BCUT2D eigenvalue weighted by atomic mass is 16.5. The molecule has 0 aliphatic heterocycles. The molecular formula is C17H24N4O3. The number of aliphatic hydroxyl groups is 1. The maximum absolute atomic E-state index is 9.00. The van der Waals surface area contributed by atoms with Crippen molar-refractivity contribution >= 4 is 11.8 Å². The Morgan fingerprint density at radius 2 is 2.00 bits per heavy atom. The molecule has 1 aromatic heterocycles. The maximum Gasteiger partial charge on any atom is 0.222 e. The van der Waals surface area contributed by atoms with Crippen molar-refractivity contribution in [3.05, 3.63) is 29.5 Å². The molecule has 2 aromatic rings. The molecule has 0 spiro atoms. The molecule has 2 rings (SSSR count). The zero-order chi connectivity index (χ0) is 17.7. The fourth-order valence-corrected chi connectivity index (χ4v) is 2.33. The van der Waals surface area contributed by atoms with Gasteiger partial charge in [0.1, 0.15) is 11.5 Å². The lowest BCUT2D eigenvalue weighted by molar-refractivity contribution is 0.310. The molecule has 4 N–H and O–H groups in total. The van der Waals surface area contributed by atoms with Crippen molar-refractivity contribution in [2.45, 2.75) is 26.7 Å². The van der Waals surface area contributed by atoms with Gasteiger partial charge in [0.25, 0.3) is 0 Å². The van der Waals surface area contributed by atoms with Crippen LogP contribution in [-0.4, -0.2) is 35.3 Å². The molecule has 0 amide bonds. The summed E-state index contributed by atoms with van der Waals surface area (Å²) >= 11 is 0. The Bertz CT molecular complexity index is 704. The van der Waals surface area contributed by atoms with Crippen LogP contribution < -0.4 is 20.5 Å². The molecule has 0 radical (unpaired) electrons. The molecule has 0 aliphatic carbocycles. The first-order chi connectivity index (χ1) is 11.5. The van der Waals surface area contributed by atoms with E-state index in [2.05, 4.69) is 35.2 Å². The zero-order valence-electron chi connectivity index (χ0n) is 14.5. The minimum absolute atomic E-state index is 0.0288. The molecule has 0 aliphatic rings. The number of nitrogens with zero attached hydrogens (tertiary/aromatic N) is 2. The van der Waals surface area contributed by atoms with Crippen LogP contribution >= 0.6 is 0 Å². The van der Waals surface area contributed by atoms with E-state index in [0.717, 1.165) is 16.9 Å². The van der Waals surface area contributed by atoms with Crippen LogP contribution in [0.5, 0.6) is 17.2 Å². The van der Waals surface area contributed by atoms with E-state index in [-0.39, 0.29) is 18.5 Å². The van der Waals surface area contributed by atoms with E-state index in [9.17, 15) is 0 Å². The van der Waals surface area contributed by atoms with Gasteiger partial charge in [0.2, 0.25) is 5.95 Å². The van der Waals surface area contributed by atoms with Crippen LogP contribution in [0.3, 0.4) is 0 Å². The van der Waals surface area contributed by atoms with Crippen molar-refractivity contribution in [2.75, 3.05) is 31.3 Å². The lowest BCUT2D eigenvalue weighted by Gasteiger charge is -2.18. The third-order valence-electron chi connectivity index (χ3n) is 3.55. The van der Waals surface area contributed by atoms with Gasteiger partial charge in [-0.2, -0.15) is 4.98 Å². The van der Waals surface area contributed by atoms with Crippen LogP contribution in [0.4, 0.5) is 11.8 Å². The number of benzene rings is 1. The molecule has 0 unspecified atom stereocenters. The molecule has 0 bridgehead atoms. The maximum atomic E-state index is 9.00. The van der Waals surface area contributed by atoms with E-state index in [4.69, 9.17) is 20.3 Å². The number of nitrogen functional groups attached to an aromatic ring is 1. The second-order valence-electron chi connectivity index (χ2n) is 5.71. The van der Waals surface area contributed by atoms with E-state index in [1.165, 1.54) is 6.20 Å². The fraction of sp³-hybridized carbons (Fsp3) is 0.412. The molecular weight excluding hydrogens is 308 g/mol. The summed E-state index contributed by atoms with van der Waals surface area (Å²) < 4.78 is 11.4. The normalized spacial score (nSPS) is 10.8. The minimum Gasteiger partial charge on any atom is -0.496 e. The van der Waals surface area contributed by atoms with Gasteiger partial charge in [-0.25, -0.2) is 4.98 Å². The van der Waals surface area contributed by atoms with Gasteiger partial charge in [-0.05, 0) is 30.0 Å². The molecule has 0 saturated carbocycles. The summed E-state index contributed by atoms with van der Waals surface area (Å²) in [5.41, 5.74) is 7.73. The van der Waals surface area contributed by atoms with Crippen molar-refractivity contribution in [3.8, 4) is 17.2 Å². The average molecular weight is 332 g/mol. The largest absolute Gasteiger partial charge is 0.496 e. The molecule has 24 heavy (non-hydrogen) atoms. The molecule has 0 saturated heterocycles. The van der Waals surface area contributed by atoms with Crippen molar-refractivity contribution in [3.63, 3.8) is 0 Å². The molecule has 130 valence electrons. The Hall–Kier alpha value is -2.54. The first kappa shape index (κ1) is 17.8. The van der Waals surface area contributed by atoms with Crippen molar-refractivity contribution in [1.29, 1.82) is 0 Å².